The maximum atomic E-state index is 12.3. The van der Waals surface area contributed by atoms with E-state index in [1.807, 2.05) is 12.1 Å². The van der Waals surface area contributed by atoms with Gasteiger partial charge in [-0.3, -0.25) is 4.79 Å². The van der Waals surface area contributed by atoms with E-state index in [0.717, 1.165) is 25.1 Å². The molecule has 1 aliphatic heterocycles. The van der Waals surface area contributed by atoms with Crippen LogP contribution in [-0.2, 0) is 4.79 Å². The second-order valence-corrected chi connectivity index (χ2v) is 5.32. The van der Waals surface area contributed by atoms with Gasteiger partial charge in [-0.05, 0) is 24.0 Å². The van der Waals surface area contributed by atoms with Gasteiger partial charge < -0.3 is 5.32 Å². The minimum Gasteiger partial charge on any atom is -0.385 e. The Morgan fingerprint density at radius 2 is 2.06 bits per heavy atom. The largest absolute Gasteiger partial charge is 0.385 e. The number of carbonyl (C=O) groups is 1. The van der Waals surface area contributed by atoms with E-state index in [1.165, 1.54) is 24.8 Å². The molecule has 1 aliphatic carbocycles. The van der Waals surface area contributed by atoms with Crippen LogP contribution in [0.15, 0.2) is 24.3 Å². The number of ketones is 1. The molecule has 1 aromatic carbocycles. The summed E-state index contributed by atoms with van der Waals surface area (Å²) in [6, 6.07) is 8.25. The predicted molar refractivity (Wildman–Crippen MR) is 69.3 cm³/mol. The normalized spacial score (nSPS) is 23.4. The molecule has 90 valence electrons. The molecule has 1 aromatic rings. The molecule has 17 heavy (non-hydrogen) atoms. The van der Waals surface area contributed by atoms with E-state index < -0.39 is 0 Å². The van der Waals surface area contributed by atoms with Crippen molar-refractivity contribution in [3.05, 3.63) is 29.8 Å². The molecule has 2 aliphatic rings. The first-order chi connectivity index (χ1) is 8.34. The lowest BCUT2D eigenvalue weighted by Gasteiger charge is -2.29. The Morgan fingerprint density at radius 3 is 2.82 bits per heavy atom. The molecule has 1 saturated carbocycles. The van der Waals surface area contributed by atoms with Crippen LogP contribution in [0.5, 0.6) is 0 Å². The number of carbonyl (C=O) groups excluding carboxylic acids is 1. The molecule has 3 rings (SSSR count). The summed E-state index contributed by atoms with van der Waals surface area (Å²) >= 11 is 0. The molecular weight excluding hydrogens is 210 g/mol. The Bertz CT molecular complexity index is 423. The van der Waals surface area contributed by atoms with Crippen LogP contribution in [0.2, 0.25) is 0 Å². The van der Waals surface area contributed by atoms with Gasteiger partial charge in [-0.1, -0.05) is 37.5 Å². The number of Topliss-reactive ketones (excluding diaryl/α,β-unsaturated/α-hetero) is 1. The van der Waals surface area contributed by atoms with E-state index in [0.29, 0.717) is 11.7 Å². The van der Waals surface area contributed by atoms with Crippen LogP contribution < -0.4 is 5.32 Å². The summed E-state index contributed by atoms with van der Waals surface area (Å²) in [5, 5.41) is 3.38. The van der Waals surface area contributed by atoms with Crippen molar-refractivity contribution in [2.45, 2.75) is 38.0 Å². The van der Waals surface area contributed by atoms with Crippen molar-refractivity contribution in [1.82, 2.24) is 0 Å². The summed E-state index contributed by atoms with van der Waals surface area (Å²) < 4.78 is 0. The number of nitrogens with one attached hydrogen (secondary N) is 1. The monoisotopic (exact) mass is 229 g/mol. The summed E-state index contributed by atoms with van der Waals surface area (Å²) in [4.78, 5) is 12.3. The summed E-state index contributed by atoms with van der Waals surface area (Å²) in [7, 11) is 0. The molecule has 1 fully saturated rings. The van der Waals surface area contributed by atoms with Crippen LogP contribution in [0.25, 0.3) is 0 Å². The van der Waals surface area contributed by atoms with Gasteiger partial charge in [-0.25, -0.2) is 0 Å². The maximum Gasteiger partial charge on any atom is 0.140 e. The first kappa shape index (κ1) is 10.8. The van der Waals surface area contributed by atoms with E-state index in [1.54, 1.807) is 0 Å². The smallest absolute Gasteiger partial charge is 0.140 e. The average molecular weight is 229 g/mol. The van der Waals surface area contributed by atoms with Gasteiger partial charge in [0.15, 0.2) is 0 Å². The first-order valence-electron chi connectivity index (χ1n) is 6.70. The number of hydrogen-bond donors (Lipinski definition) is 1. The van der Waals surface area contributed by atoms with Crippen molar-refractivity contribution in [3.8, 4) is 0 Å². The van der Waals surface area contributed by atoms with E-state index in [2.05, 4.69) is 17.4 Å². The fourth-order valence-corrected chi connectivity index (χ4v) is 2.93. The third-order valence-electron chi connectivity index (χ3n) is 4.19. The SMILES string of the molecule is O=C(CC1CCC1)C1CCNc2ccccc21. The molecule has 1 N–H and O–H groups in total. The zero-order chi connectivity index (χ0) is 11.7. The van der Waals surface area contributed by atoms with E-state index in [4.69, 9.17) is 0 Å². The van der Waals surface area contributed by atoms with Crippen molar-refractivity contribution < 1.29 is 4.79 Å². The highest BCUT2D eigenvalue weighted by Gasteiger charge is 2.29. The molecule has 0 bridgehead atoms. The highest BCUT2D eigenvalue weighted by molar-refractivity contribution is 5.88. The molecule has 1 unspecified atom stereocenters. The van der Waals surface area contributed by atoms with Gasteiger partial charge in [0.2, 0.25) is 0 Å². The van der Waals surface area contributed by atoms with Crippen LogP contribution >= 0.6 is 0 Å². The lowest BCUT2D eigenvalue weighted by molar-refractivity contribution is -0.122. The van der Waals surface area contributed by atoms with Crippen molar-refractivity contribution in [1.29, 1.82) is 0 Å². The van der Waals surface area contributed by atoms with E-state index >= 15 is 0 Å². The van der Waals surface area contributed by atoms with Crippen LogP contribution in [0.4, 0.5) is 5.69 Å². The molecule has 0 spiro atoms. The highest BCUT2D eigenvalue weighted by atomic mass is 16.1. The fourth-order valence-electron chi connectivity index (χ4n) is 2.93. The Hall–Kier alpha value is -1.31. The Morgan fingerprint density at radius 1 is 1.24 bits per heavy atom. The third kappa shape index (κ3) is 2.08. The van der Waals surface area contributed by atoms with Crippen molar-refractivity contribution in [2.24, 2.45) is 5.92 Å². The predicted octanol–water partition coefficient (Wildman–Crippen LogP) is 3.35. The summed E-state index contributed by atoms with van der Waals surface area (Å²) in [5.74, 6) is 1.29. The zero-order valence-corrected chi connectivity index (χ0v) is 10.1. The van der Waals surface area contributed by atoms with Crippen LogP contribution in [0, 0.1) is 5.92 Å². The molecule has 2 nitrogen and oxygen atoms in total. The van der Waals surface area contributed by atoms with Crippen molar-refractivity contribution >= 4 is 11.5 Å². The quantitative estimate of drug-likeness (QED) is 0.861. The number of fused-ring (bicyclic) bond motifs is 1. The summed E-state index contributed by atoms with van der Waals surface area (Å²) in [5.41, 5.74) is 2.37. The summed E-state index contributed by atoms with van der Waals surface area (Å²) in [6.07, 6.45) is 5.61. The Kier molecular flexibility index (Phi) is 2.87. The zero-order valence-electron chi connectivity index (χ0n) is 10.1. The average Bonchev–Trinajstić information content (AvgIpc) is 2.33. The fraction of sp³-hybridized carbons (Fsp3) is 0.533. The highest BCUT2D eigenvalue weighted by Crippen LogP contribution is 2.36. The summed E-state index contributed by atoms with van der Waals surface area (Å²) in [6.45, 7) is 0.929. The molecule has 0 radical (unpaired) electrons. The Labute approximate surface area is 102 Å². The Balaban J connectivity index is 1.77. The van der Waals surface area contributed by atoms with E-state index in [9.17, 15) is 4.79 Å². The standard InChI is InChI=1S/C15H19NO/c17-15(10-11-4-3-5-11)13-8-9-16-14-7-2-1-6-12(13)14/h1-2,6-7,11,13,16H,3-5,8-10H2. The second-order valence-electron chi connectivity index (χ2n) is 5.32. The number of rotatable bonds is 3. The van der Waals surface area contributed by atoms with Crippen molar-refractivity contribution in [2.75, 3.05) is 11.9 Å². The van der Waals surface area contributed by atoms with Gasteiger partial charge in [-0.2, -0.15) is 0 Å². The van der Waals surface area contributed by atoms with Gasteiger partial charge in [0.1, 0.15) is 5.78 Å². The minimum absolute atomic E-state index is 0.146. The lowest BCUT2D eigenvalue weighted by Crippen LogP contribution is -2.26. The number of benzene rings is 1. The lowest BCUT2D eigenvalue weighted by atomic mass is 9.77. The van der Waals surface area contributed by atoms with Crippen LogP contribution in [0.1, 0.15) is 43.6 Å². The molecule has 2 heteroatoms. The molecule has 0 saturated heterocycles. The van der Waals surface area contributed by atoms with Gasteiger partial charge >= 0.3 is 0 Å². The minimum atomic E-state index is 0.146. The van der Waals surface area contributed by atoms with Gasteiger partial charge in [0.05, 0.1) is 0 Å². The van der Waals surface area contributed by atoms with Crippen LogP contribution in [-0.4, -0.2) is 12.3 Å². The van der Waals surface area contributed by atoms with Crippen molar-refractivity contribution in [3.63, 3.8) is 0 Å². The maximum absolute atomic E-state index is 12.3. The molecule has 1 atom stereocenters. The number of anilines is 1. The number of hydrogen-bond acceptors (Lipinski definition) is 2. The van der Waals surface area contributed by atoms with E-state index in [-0.39, 0.29) is 5.92 Å². The second kappa shape index (κ2) is 4.52. The van der Waals surface area contributed by atoms with Crippen LogP contribution in [0.3, 0.4) is 0 Å². The van der Waals surface area contributed by atoms with Gasteiger partial charge in [-0.15, -0.1) is 0 Å². The van der Waals surface area contributed by atoms with Gasteiger partial charge in [0, 0.05) is 24.6 Å². The molecule has 0 aromatic heterocycles. The molecular formula is C15H19NO. The first-order valence-corrected chi connectivity index (χ1v) is 6.70. The molecule has 0 amide bonds. The third-order valence-corrected chi connectivity index (χ3v) is 4.19. The topological polar surface area (TPSA) is 29.1 Å². The van der Waals surface area contributed by atoms with Gasteiger partial charge in [0.25, 0.3) is 0 Å². The number of para-hydroxylation sites is 1. The molecule has 1 heterocycles.